The van der Waals surface area contributed by atoms with Crippen molar-refractivity contribution in [2.24, 2.45) is 11.3 Å². The van der Waals surface area contributed by atoms with E-state index in [0.717, 1.165) is 6.42 Å². The first-order valence-corrected chi connectivity index (χ1v) is 6.79. The third-order valence-electron chi connectivity index (χ3n) is 5.09. The maximum atomic E-state index is 8.14. The fourth-order valence-corrected chi connectivity index (χ4v) is 3.66. The number of benzene rings is 1. The fourth-order valence-electron chi connectivity index (χ4n) is 3.66. The molecule has 19 heavy (non-hydrogen) atoms. The molecule has 0 saturated heterocycles. The number of hydrogen-bond acceptors (Lipinski definition) is 1. The monoisotopic (exact) mass is 254 g/mol. The Labute approximate surface area is 121 Å². The zero-order valence-electron chi connectivity index (χ0n) is 16.2. The summed E-state index contributed by atoms with van der Waals surface area (Å²) < 4.78 is 39.7. The second-order valence-electron chi connectivity index (χ2n) is 6.28. The number of hydrogen-bond donors (Lipinski definition) is 0. The van der Waals surface area contributed by atoms with Gasteiger partial charge in [0.2, 0.25) is 0 Å². The minimum atomic E-state index is -0.366. The molecule has 0 radical (unpaired) electrons. The summed E-state index contributed by atoms with van der Waals surface area (Å²) in [5.41, 5.74) is 3.42. The zero-order valence-corrected chi connectivity index (χ0v) is 11.2. The van der Waals surface area contributed by atoms with Gasteiger partial charge in [0.25, 0.3) is 0 Å². The van der Waals surface area contributed by atoms with Crippen molar-refractivity contribution in [1.29, 1.82) is 0 Å². The van der Waals surface area contributed by atoms with Crippen LogP contribution in [0.15, 0.2) is 42.5 Å². The van der Waals surface area contributed by atoms with Crippen LogP contribution in [0.5, 0.6) is 0 Å². The summed E-state index contributed by atoms with van der Waals surface area (Å²) in [4.78, 5) is 4.43. The van der Waals surface area contributed by atoms with Crippen molar-refractivity contribution in [2.75, 3.05) is 0 Å². The molecule has 1 fully saturated rings. The van der Waals surface area contributed by atoms with Crippen LogP contribution in [0.3, 0.4) is 0 Å². The van der Waals surface area contributed by atoms with Gasteiger partial charge in [-0.25, -0.2) is 0 Å². The van der Waals surface area contributed by atoms with Crippen molar-refractivity contribution in [2.45, 2.75) is 32.6 Å². The van der Waals surface area contributed by atoms with E-state index in [1.54, 1.807) is 0 Å². The molecule has 0 N–H and O–H groups in total. The molecule has 2 atom stereocenters. The number of rotatable bonds is 1. The molecule has 3 aliphatic rings. The molecule has 1 heteroatoms. The van der Waals surface area contributed by atoms with Crippen molar-refractivity contribution >= 4 is 0 Å². The van der Waals surface area contributed by atoms with E-state index < -0.39 is 0 Å². The lowest BCUT2D eigenvalue weighted by molar-refractivity contribution is 0.0184. The van der Waals surface area contributed by atoms with Crippen LogP contribution in [0.2, 0.25) is 0 Å². The van der Waals surface area contributed by atoms with E-state index in [9.17, 15) is 0 Å². The van der Waals surface area contributed by atoms with E-state index in [1.165, 1.54) is 17.5 Å². The average Bonchev–Trinajstić information content (AvgIpc) is 2.57. The van der Waals surface area contributed by atoms with Gasteiger partial charge in [-0.1, -0.05) is 44.1 Å². The lowest BCUT2D eigenvalue weighted by atomic mass is 9.47. The summed E-state index contributed by atoms with van der Waals surface area (Å²) in [5.74, 6) is 1.17. The predicted molar refractivity (Wildman–Crippen MR) is 78.0 cm³/mol. The molecule has 96 valence electrons. The molecule has 2 unspecified atom stereocenters. The van der Waals surface area contributed by atoms with Crippen LogP contribution in [0.25, 0.3) is 11.3 Å². The van der Waals surface area contributed by atoms with Gasteiger partial charge in [-0.15, -0.1) is 0 Å². The highest BCUT2D eigenvalue weighted by atomic mass is 14.7. The highest BCUT2D eigenvalue weighted by molar-refractivity contribution is 5.61. The van der Waals surface area contributed by atoms with Crippen molar-refractivity contribution in [3.63, 3.8) is 0 Å². The normalized spacial score (nSPS) is 30.1. The summed E-state index contributed by atoms with van der Waals surface area (Å²) in [7, 11) is 0. The molecule has 1 aromatic carbocycles. The van der Waals surface area contributed by atoms with Gasteiger partial charge in [0.1, 0.15) is 0 Å². The smallest absolute Gasteiger partial charge is 0.0705 e. The van der Waals surface area contributed by atoms with Crippen LogP contribution in [-0.2, 0) is 6.42 Å². The summed E-state index contributed by atoms with van der Waals surface area (Å²) in [6, 6.07) is 0.592. The van der Waals surface area contributed by atoms with Crippen molar-refractivity contribution in [3.05, 3.63) is 53.6 Å². The highest BCUT2D eigenvalue weighted by Crippen LogP contribution is 2.62. The molecule has 2 aromatic rings. The van der Waals surface area contributed by atoms with Gasteiger partial charge in [-0.2, -0.15) is 0 Å². The van der Waals surface area contributed by atoms with Crippen LogP contribution < -0.4 is 0 Å². The van der Waals surface area contributed by atoms with E-state index in [2.05, 4.69) is 18.8 Å². The topological polar surface area (TPSA) is 12.9 Å². The average molecular weight is 254 g/mol. The van der Waals surface area contributed by atoms with Gasteiger partial charge >= 0.3 is 0 Å². The molecule has 1 saturated carbocycles. The minimum Gasteiger partial charge on any atom is -0.256 e. The Morgan fingerprint density at radius 2 is 2.05 bits per heavy atom. The Balaban J connectivity index is 1.90. The van der Waals surface area contributed by atoms with Crippen molar-refractivity contribution in [3.8, 4) is 11.3 Å². The lowest BCUT2D eigenvalue weighted by Gasteiger charge is -2.57. The first-order valence-electron chi connectivity index (χ1n) is 9.29. The minimum absolute atomic E-state index is 0.185. The molecule has 3 aliphatic carbocycles. The zero-order chi connectivity index (χ0) is 17.4. The maximum Gasteiger partial charge on any atom is 0.0705 e. The SMILES string of the molecule is [2H]c1c([2H])c([2H])c(-c2cc3c(cn2)CC2CC3C2(C)C)c([2H])c1[2H]. The van der Waals surface area contributed by atoms with Gasteiger partial charge in [0, 0.05) is 11.8 Å². The van der Waals surface area contributed by atoms with Gasteiger partial charge in [0.15, 0.2) is 0 Å². The fraction of sp³-hybridized carbons (Fsp3) is 0.389. The summed E-state index contributed by atoms with van der Waals surface area (Å²) in [6.07, 6.45) is 4.02. The van der Waals surface area contributed by atoms with Crippen molar-refractivity contribution in [1.82, 2.24) is 4.98 Å². The van der Waals surface area contributed by atoms with E-state index in [-0.39, 0.29) is 41.2 Å². The van der Waals surface area contributed by atoms with Crippen LogP contribution in [0.1, 0.15) is 44.2 Å². The number of pyridine rings is 1. The summed E-state index contributed by atoms with van der Waals surface area (Å²) >= 11 is 0. The predicted octanol–water partition coefficient (Wildman–Crippen LogP) is 4.43. The Kier molecular flexibility index (Phi) is 1.40. The Morgan fingerprint density at radius 3 is 2.79 bits per heavy atom. The molecular formula is C18H19N. The Morgan fingerprint density at radius 1 is 1.26 bits per heavy atom. The molecule has 1 nitrogen and oxygen atoms in total. The van der Waals surface area contributed by atoms with Gasteiger partial charge < -0.3 is 0 Å². The lowest BCUT2D eigenvalue weighted by Crippen LogP contribution is -2.48. The van der Waals surface area contributed by atoms with Crippen LogP contribution >= 0.6 is 0 Å². The first kappa shape index (κ1) is 7.23. The quantitative estimate of drug-likeness (QED) is 0.733. The molecule has 0 amide bonds. The molecule has 0 aliphatic heterocycles. The highest BCUT2D eigenvalue weighted by Gasteiger charge is 2.52. The van der Waals surface area contributed by atoms with E-state index in [0.29, 0.717) is 17.5 Å². The third-order valence-corrected chi connectivity index (χ3v) is 5.09. The second kappa shape index (κ2) is 3.69. The molecule has 1 heterocycles. The molecule has 5 rings (SSSR count). The first-order chi connectivity index (χ1) is 11.2. The third kappa shape index (κ3) is 1.51. The number of aromatic nitrogens is 1. The Hall–Kier alpha value is -1.63. The van der Waals surface area contributed by atoms with E-state index in [4.69, 9.17) is 6.85 Å². The summed E-state index contributed by atoms with van der Waals surface area (Å²) in [6.45, 7) is 4.58. The molecule has 0 spiro atoms. The maximum absolute atomic E-state index is 8.14. The number of nitrogens with zero attached hydrogens (tertiary/aromatic N) is 1. The van der Waals surface area contributed by atoms with Gasteiger partial charge in [0.05, 0.1) is 12.5 Å². The molecule has 2 bridgehead atoms. The van der Waals surface area contributed by atoms with Gasteiger partial charge in [-0.3, -0.25) is 4.98 Å². The van der Waals surface area contributed by atoms with Crippen LogP contribution in [-0.4, -0.2) is 4.98 Å². The summed E-state index contributed by atoms with van der Waals surface area (Å²) in [5, 5.41) is 0. The van der Waals surface area contributed by atoms with Crippen LogP contribution in [0, 0.1) is 11.3 Å². The largest absolute Gasteiger partial charge is 0.256 e. The molecular weight excluding hydrogens is 230 g/mol. The van der Waals surface area contributed by atoms with E-state index in [1.807, 2.05) is 12.3 Å². The standard InChI is InChI=1S/C18H19N/c1-18(2)14-8-13-11-19-17(10-15(13)16(18)9-14)12-6-4-3-5-7-12/h3-7,10-11,14,16H,8-9H2,1-2H3/i3D,4D,5D,6D,7D. The van der Waals surface area contributed by atoms with Crippen molar-refractivity contribution < 1.29 is 6.85 Å². The van der Waals surface area contributed by atoms with Crippen LogP contribution in [0.4, 0.5) is 0 Å². The van der Waals surface area contributed by atoms with E-state index >= 15 is 0 Å². The Bertz CT molecular complexity index is 845. The molecule has 1 aromatic heterocycles. The second-order valence-corrected chi connectivity index (χ2v) is 6.28. The van der Waals surface area contributed by atoms with Gasteiger partial charge in [-0.05, 0) is 47.3 Å².